The van der Waals surface area contributed by atoms with Crippen molar-refractivity contribution in [2.24, 2.45) is 5.92 Å². The van der Waals surface area contributed by atoms with Crippen LogP contribution in [-0.4, -0.2) is 93.2 Å². The molecule has 79 heavy (non-hydrogen) atoms. The van der Waals surface area contributed by atoms with Crippen LogP contribution >= 0.6 is 69.6 Å². The largest absolute Gasteiger partial charge is 0.490 e. The molecule has 1 aliphatic rings. The van der Waals surface area contributed by atoms with Crippen LogP contribution in [0, 0.1) is 5.92 Å². The lowest BCUT2D eigenvalue weighted by molar-refractivity contribution is -0.192. The average Bonchev–Trinajstić information content (AvgIpc) is 3.97. The SMILES string of the molecule is CC(C)(C)OC(=O)Nc1cc(Cl)ncc1Cl.CC(C)(C)OC(=O)Nc1cc(N)ncc1Cl.CC(C)(C)OC(=O)Nc1cc2nccn2cc1Cl.CC1CCCCC1.Nc1cc2nccn2cc1Cl.O=C(O)C(F)(F)F.O=CCCl. The van der Waals surface area contributed by atoms with Gasteiger partial charge in [0.2, 0.25) is 0 Å². The molecule has 7 rings (SSSR count). The van der Waals surface area contributed by atoms with Crippen LogP contribution in [0.25, 0.3) is 11.3 Å². The van der Waals surface area contributed by atoms with Crippen LogP contribution in [-0.2, 0) is 23.8 Å². The number of hydrogen-bond donors (Lipinski definition) is 6. The number of anilines is 5. The molecule has 0 saturated heterocycles. The number of alkyl halides is 4. The summed E-state index contributed by atoms with van der Waals surface area (Å²) in [5.41, 5.74) is 12.7. The van der Waals surface area contributed by atoms with Gasteiger partial charge in [-0.15, -0.1) is 11.6 Å². The van der Waals surface area contributed by atoms with Gasteiger partial charge in [-0.05, 0) is 68.2 Å². The summed E-state index contributed by atoms with van der Waals surface area (Å²) in [4.78, 5) is 68.1. The Bertz CT molecular complexity index is 2790. The lowest BCUT2D eigenvalue weighted by Crippen LogP contribution is -2.27. The third kappa shape index (κ3) is 31.2. The zero-order chi connectivity index (χ0) is 60.5. The second-order valence-corrected chi connectivity index (χ2v) is 21.6. The van der Waals surface area contributed by atoms with Crippen molar-refractivity contribution >= 4 is 140 Å². The molecule has 1 fully saturated rings. The zero-order valence-corrected chi connectivity index (χ0v) is 49.3. The third-order valence-corrected chi connectivity index (χ3v) is 10.3. The smallest absolute Gasteiger partial charge is 0.475 e. The van der Waals surface area contributed by atoms with Crippen LogP contribution in [0.1, 0.15) is 101 Å². The van der Waals surface area contributed by atoms with Crippen LogP contribution in [0.2, 0.25) is 25.2 Å². The van der Waals surface area contributed by atoms with Crippen molar-refractivity contribution in [1.29, 1.82) is 0 Å². The highest BCUT2D eigenvalue weighted by atomic mass is 35.5. The molecule has 8 N–H and O–H groups in total. The Hall–Kier alpha value is -6.24. The van der Waals surface area contributed by atoms with Crippen LogP contribution in [0.3, 0.4) is 0 Å². The highest BCUT2D eigenvalue weighted by molar-refractivity contribution is 6.35. The number of rotatable bonds is 4. The number of hydrogen-bond acceptors (Lipinski definition) is 14. The number of halogens is 9. The number of fused-ring (bicyclic) bond motifs is 2. The third-order valence-electron chi connectivity index (χ3n) is 8.80. The Morgan fingerprint density at radius 1 is 0.646 bits per heavy atom. The first kappa shape index (κ1) is 70.8. The number of nitrogens with zero attached hydrogens (tertiary/aromatic N) is 6. The maximum atomic E-state index is 11.6. The van der Waals surface area contributed by atoms with Crippen molar-refractivity contribution in [1.82, 2.24) is 28.7 Å². The van der Waals surface area contributed by atoms with Crippen molar-refractivity contribution in [2.75, 3.05) is 33.3 Å². The van der Waals surface area contributed by atoms with Gasteiger partial charge in [-0.1, -0.05) is 97.0 Å². The van der Waals surface area contributed by atoms with Crippen LogP contribution < -0.4 is 27.4 Å². The molecule has 0 aliphatic heterocycles. The van der Waals surface area contributed by atoms with E-state index in [1.807, 2.05) is 10.6 Å². The second-order valence-electron chi connectivity index (χ2n) is 19.3. The fourth-order valence-electron chi connectivity index (χ4n) is 5.59. The number of imidazole rings is 2. The van der Waals surface area contributed by atoms with E-state index in [1.54, 1.807) is 110 Å². The molecule has 1 aliphatic carbocycles. The van der Waals surface area contributed by atoms with Gasteiger partial charge in [0.25, 0.3) is 0 Å². The molecule has 29 heteroatoms. The normalized spacial score (nSPS) is 12.1. The van der Waals surface area contributed by atoms with E-state index in [1.165, 1.54) is 56.6 Å². The summed E-state index contributed by atoms with van der Waals surface area (Å²) in [7, 11) is 0. The number of carboxylic acid groups (broad SMARTS) is 1. The summed E-state index contributed by atoms with van der Waals surface area (Å²) in [5.74, 6) is -1.34. The van der Waals surface area contributed by atoms with Crippen LogP contribution in [0.5, 0.6) is 0 Å². The number of ether oxygens (including phenoxy) is 3. The van der Waals surface area contributed by atoms with Gasteiger partial charge < -0.3 is 44.4 Å². The number of nitrogen functional groups attached to an aromatic ring is 2. The number of nitrogens with two attached hydrogens (primary N) is 2. The number of nitrogens with one attached hydrogen (secondary N) is 3. The van der Waals surface area contributed by atoms with Crippen molar-refractivity contribution in [3.8, 4) is 0 Å². The van der Waals surface area contributed by atoms with Gasteiger partial charge in [-0.25, -0.2) is 39.1 Å². The van der Waals surface area contributed by atoms with Crippen molar-refractivity contribution in [2.45, 2.75) is 124 Å². The van der Waals surface area contributed by atoms with Crippen molar-refractivity contribution in [3.63, 3.8) is 0 Å². The number of aldehydes is 1. The fraction of sp³-hybridized carbons (Fsp3) is 0.420. The van der Waals surface area contributed by atoms with Gasteiger partial charge in [0, 0.05) is 73.8 Å². The van der Waals surface area contributed by atoms with E-state index in [2.05, 4.69) is 42.8 Å². The minimum Gasteiger partial charge on any atom is -0.475 e. The van der Waals surface area contributed by atoms with Gasteiger partial charge in [0.15, 0.2) is 0 Å². The average molecular weight is 1230 g/mol. The number of carboxylic acids is 1. The van der Waals surface area contributed by atoms with E-state index in [0.29, 0.717) is 54.8 Å². The monoisotopic (exact) mass is 1230 g/mol. The Labute approximate surface area is 485 Å². The molecule has 0 radical (unpaired) electrons. The summed E-state index contributed by atoms with van der Waals surface area (Å²) in [6.07, 6.45) is 14.4. The van der Waals surface area contributed by atoms with E-state index in [-0.39, 0.29) is 16.9 Å². The van der Waals surface area contributed by atoms with Crippen molar-refractivity contribution < 1.29 is 56.5 Å². The maximum Gasteiger partial charge on any atom is 0.490 e. The van der Waals surface area contributed by atoms with E-state index < -0.39 is 47.2 Å². The number of carbonyl (C=O) groups is 5. The predicted molar refractivity (Wildman–Crippen MR) is 305 cm³/mol. The van der Waals surface area contributed by atoms with Gasteiger partial charge in [-0.2, -0.15) is 13.2 Å². The first-order valence-electron chi connectivity index (χ1n) is 23.4. The zero-order valence-electron chi connectivity index (χ0n) is 44.8. The standard InChI is InChI=1S/C12H14ClN3O2.C10H12Cl2N2O2.C10H14ClN3O2.C7H6ClN3.C7H14.C2H3ClO.C2HF3O2/c1-12(2,3)18-11(17)15-9-6-10-14-4-5-16(10)7-8(9)13;2*1-10(2,3)16-9(15)14-7-4-8(12)13-5-6(7)11;8-5-4-11-2-1-10-7(11)3-6(5)9;1-7-5-3-2-4-6-7;3-1-2-4;3-2(4,5)1(6)7/h4-7H,1-3H3,(H,15,17);4-5H,1-3H3,(H,13,14,15);4-5H,1-3H3,(H3,12,13,14,15);1-4H,9H2;7H,2-6H2,1H3;2H,1H2;(H,6,7). The van der Waals surface area contributed by atoms with Crippen LogP contribution in [0.4, 0.5) is 56.1 Å². The molecule has 0 spiro atoms. The number of aromatic nitrogens is 6. The van der Waals surface area contributed by atoms with Gasteiger partial charge in [0.1, 0.15) is 45.4 Å². The number of pyridine rings is 4. The van der Waals surface area contributed by atoms with E-state index in [9.17, 15) is 27.6 Å². The number of aliphatic carboxylic acids is 1. The molecule has 0 unspecified atom stereocenters. The summed E-state index contributed by atoms with van der Waals surface area (Å²) in [6, 6.07) is 6.34. The van der Waals surface area contributed by atoms with E-state index >= 15 is 0 Å². The highest BCUT2D eigenvalue weighted by Crippen LogP contribution is 2.27. The van der Waals surface area contributed by atoms with Gasteiger partial charge >= 0.3 is 30.4 Å². The molecule has 0 aromatic carbocycles. The first-order valence-corrected chi connectivity index (χ1v) is 25.9. The van der Waals surface area contributed by atoms with Gasteiger partial charge in [-0.3, -0.25) is 16.0 Å². The quantitative estimate of drug-likeness (QED) is 0.0414. The molecule has 6 aromatic heterocycles. The predicted octanol–water partition coefficient (Wildman–Crippen LogP) is 14.9. The highest BCUT2D eigenvalue weighted by Gasteiger charge is 2.38. The number of carbonyl (C=O) groups excluding carboxylic acids is 4. The summed E-state index contributed by atoms with van der Waals surface area (Å²) in [5, 5.41) is 16.5. The Kier molecular flexibility index (Phi) is 29.9. The summed E-state index contributed by atoms with van der Waals surface area (Å²) >= 11 is 34.0. The van der Waals surface area contributed by atoms with E-state index in [4.69, 9.17) is 110 Å². The number of amides is 3. The fourth-order valence-corrected chi connectivity index (χ4v) is 6.41. The molecule has 3 amide bonds. The minimum absolute atomic E-state index is 0.111. The van der Waals surface area contributed by atoms with Gasteiger partial charge in [0.05, 0.1) is 48.7 Å². The second kappa shape index (κ2) is 33.4. The minimum atomic E-state index is -5.08. The molecule has 0 bridgehead atoms. The van der Waals surface area contributed by atoms with Crippen molar-refractivity contribution in [3.05, 3.63) is 99.1 Å². The molecule has 6 aromatic rings. The molecule has 1 saturated carbocycles. The maximum absolute atomic E-state index is 11.6. The molecular formula is C50H64Cl6F3N11O9. The molecule has 20 nitrogen and oxygen atoms in total. The molecule has 6 heterocycles. The molecule has 436 valence electrons. The molecule has 0 atom stereocenters. The summed E-state index contributed by atoms with van der Waals surface area (Å²) < 4.78 is 50.6. The Balaban J connectivity index is 0.000000480. The topological polar surface area (TPSA) is 282 Å². The summed E-state index contributed by atoms with van der Waals surface area (Å²) in [6.45, 7) is 18.4. The molecular weight excluding hydrogens is 1170 g/mol. The first-order chi connectivity index (χ1) is 36.4. The lowest BCUT2D eigenvalue weighted by atomic mass is 9.91. The van der Waals surface area contributed by atoms with Crippen LogP contribution in [0.15, 0.2) is 73.8 Å². The van der Waals surface area contributed by atoms with E-state index in [0.717, 1.165) is 11.6 Å². The Morgan fingerprint density at radius 3 is 1.41 bits per heavy atom. The lowest BCUT2D eigenvalue weighted by Gasteiger charge is -2.20. The Morgan fingerprint density at radius 2 is 1.03 bits per heavy atom.